The molecular weight excluding hydrogens is 405 g/mol. The second-order valence-electron chi connectivity index (χ2n) is 6.65. The van der Waals surface area contributed by atoms with Crippen LogP contribution in [-0.4, -0.2) is 45.7 Å². The Balaban J connectivity index is 1.22. The zero-order valence-corrected chi connectivity index (χ0v) is 16.1. The van der Waals surface area contributed by atoms with Gasteiger partial charge >= 0.3 is 0 Å². The van der Waals surface area contributed by atoms with Crippen molar-refractivity contribution in [1.29, 1.82) is 0 Å². The van der Waals surface area contributed by atoms with Gasteiger partial charge in [-0.05, 0) is 36.4 Å². The number of amides is 1. The zero-order chi connectivity index (χ0) is 21.2. The number of hydrogen-bond acceptors (Lipinski definition) is 7. The van der Waals surface area contributed by atoms with Crippen LogP contribution in [0.15, 0.2) is 54.6 Å². The summed E-state index contributed by atoms with van der Waals surface area (Å²) in [5, 5.41) is 15.3. The van der Waals surface area contributed by atoms with Gasteiger partial charge in [0.25, 0.3) is 5.91 Å². The molecule has 0 spiro atoms. The average Bonchev–Trinajstić information content (AvgIpc) is 3.42. The first kappa shape index (κ1) is 18.8. The highest BCUT2D eigenvalue weighted by atomic mass is 19.1. The molecule has 0 unspecified atom stereocenters. The Morgan fingerprint density at radius 3 is 2.90 bits per heavy atom. The number of nitrogens with one attached hydrogen (secondary N) is 1. The third-order valence-corrected chi connectivity index (χ3v) is 4.59. The van der Waals surface area contributed by atoms with E-state index in [-0.39, 0.29) is 31.7 Å². The Bertz CT molecular complexity index is 1280. The number of ether oxygens (including phenoxy) is 3. The largest absolute Gasteiger partial charge is 0.475 e. The maximum absolute atomic E-state index is 13.5. The van der Waals surface area contributed by atoms with E-state index in [2.05, 4.69) is 20.6 Å². The van der Waals surface area contributed by atoms with Crippen molar-refractivity contribution < 1.29 is 23.4 Å². The number of rotatable bonds is 6. The van der Waals surface area contributed by atoms with E-state index in [1.54, 1.807) is 42.5 Å². The van der Waals surface area contributed by atoms with Gasteiger partial charge in [0.1, 0.15) is 12.4 Å². The number of carbonyl (C=O) groups is 1. The predicted octanol–water partition coefficient (Wildman–Crippen LogP) is 2.47. The molecule has 1 N–H and O–H groups in total. The Hall–Kier alpha value is -4.21. The third-order valence-electron chi connectivity index (χ3n) is 4.59. The van der Waals surface area contributed by atoms with Crippen molar-refractivity contribution in [3.63, 3.8) is 0 Å². The van der Waals surface area contributed by atoms with Crippen molar-refractivity contribution >= 4 is 11.6 Å². The second kappa shape index (κ2) is 7.90. The average molecular weight is 421 g/mol. The van der Waals surface area contributed by atoms with Gasteiger partial charge in [-0.25, -0.2) is 4.39 Å². The zero-order valence-electron chi connectivity index (χ0n) is 16.1. The van der Waals surface area contributed by atoms with E-state index in [1.807, 2.05) is 0 Å². The molecule has 1 aliphatic rings. The molecule has 1 amide bonds. The number of halogens is 1. The van der Waals surface area contributed by atoms with E-state index in [0.29, 0.717) is 40.0 Å². The fourth-order valence-electron chi connectivity index (χ4n) is 3.12. The first-order valence-electron chi connectivity index (χ1n) is 9.46. The first-order chi connectivity index (χ1) is 15.2. The smallest absolute Gasteiger partial charge is 0.251 e. The van der Waals surface area contributed by atoms with Crippen LogP contribution < -0.4 is 19.5 Å². The van der Waals surface area contributed by atoms with Gasteiger partial charge in [0.2, 0.25) is 12.7 Å². The highest BCUT2D eigenvalue weighted by molar-refractivity contribution is 5.94. The van der Waals surface area contributed by atoms with Crippen LogP contribution in [0, 0.1) is 5.82 Å². The van der Waals surface area contributed by atoms with Crippen LogP contribution in [0.4, 0.5) is 4.39 Å². The summed E-state index contributed by atoms with van der Waals surface area (Å²) < 4.78 is 31.2. The Labute approximate surface area is 175 Å². The molecule has 1 aliphatic heterocycles. The maximum Gasteiger partial charge on any atom is 0.251 e. The molecule has 0 fully saturated rings. The molecule has 9 nitrogen and oxygen atoms in total. The molecule has 0 saturated heterocycles. The van der Waals surface area contributed by atoms with Crippen LogP contribution in [0.2, 0.25) is 0 Å². The summed E-state index contributed by atoms with van der Waals surface area (Å²) in [5.41, 5.74) is 1.52. The van der Waals surface area contributed by atoms with Crippen molar-refractivity contribution in [3.05, 3.63) is 66.0 Å². The number of fused-ring (bicyclic) bond motifs is 2. The van der Waals surface area contributed by atoms with Gasteiger partial charge in [0, 0.05) is 17.2 Å². The molecule has 3 heterocycles. The van der Waals surface area contributed by atoms with Crippen LogP contribution in [0.3, 0.4) is 0 Å². The van der Waals surface area contributed by atoms with Crippen LogP contribution in [0.1, 0.15) is 10.4 Å². The van der Waals surface area contributed by atoms with Crippen molar-refractivity contribution in [2.24, 2.45) is 0 Å². The highest BCUT2D eigenvalue weighted by Gasteiger charge is 2.16. The van der Waals surface area contributed by atoms with Crippen LogP contribution in [0.5, 0.6) is 17.4 Å². The van der Waals surface area contributed by atoms with E-state index < -0.39 is 0 Å². The normalized spacial score (nSPS) is 12.2. The number of benzene rings is 2. The van der Waals surface area contributed by atoms with Crippen molar-refractivity contribution in [2.45, 2.75) is 0 Å². The van der Waals surface area contributed by atoms with Crippen molar-refractivity contribution in [1.82, 2.24) is 25.1 Å². The fraction of sp³-hybridized carbons (Fsp3) is 0.143. The molecule has 156 valence electrons. The molecule has 0 atom stereocenters. The molecule has 0 bridgehead atoms. The lowest BCUT2D eigenvalue weighted by Crippen LogP contribution is -2.28. The SMILES string of the molecule is O=C(NCCOc1ccc2nnc(-c3cccc(F)c3)n2n1)c1ccc2c(c1)OCO2. The third kappa shape index (κ3) is 3.82. The van der Waals surface area contributed by atoms with Gasteiger partial charge in [-0.15, -0.1) is 15.3 Å². The highest BCUT2D eigenvalue weighted by Crippen LogP contribution is 2.32. The Kier molecular flexibility index (Phi) is 4.79. The molecule has 2 aromatic heterocycles. The maximum atomic E-state index is 13.5. The number of carbonyl (C=O) groups excluding carboxylic acids is 1. The summed E-state index contributed by atoms with van der Waals surface area (Å²) in [6.45, 7) is 0.622. The van der Waals surface area contributed by atoms with Gasteiger partial charge in [-0.3, -0.25) is 4.79 Å². The lowest BCUT2D eigenvalue weighted by Gasteiger charge is -2.08. The minimum atomic E-state index is -0.375. The standard InChI is InChI=1S/C21H16FN5O4/c22-15-3-1-2-13(10-15)20-25-24-18-6-7-19(26-27(18)20)29-9-8-23-21(28)14-4-5-16-17(11-14)31-12-30-16/h1-7,10-11H,8-9,12H2,(H,23,28). The van der Waals surface area contributed by atoms with Crippen LogP contribution >= 0.6 is 0 Å². The van der Waals surface area contributed by atoms with Crippen LogP contribution in [-0.2, 0) is 0 Å². The first-order valence-corrected chi connectivity index (χ1v) is 9.46. The topological polar surface area (TPSA) is 99.9 Å². The van der Waals surface area contributed by atoms with Crippen molar-refractivity contribution in [3.8, 4) is 28.8 Å². The number of hydrogen-bond donors (Lipinski definition) is 1. The summed E-state index contributed by atoms with van der Waals surface area (Å²) in [5.74, 6) is 1.26. The van der Waals surface area contributed by atoms with Gasteiger partial charge in [-0.2, -0.15) is 4.52 Å². The second-order valence-corrected chi connectivity index (χ2v) is 6.65. The van der Waals surface area contributed by atoms with E-state index in [4.69, 9.17) is 14.2 Å². The monoisotopic (exact) mass is 421 g/mol. The molecular formula is C21H16FN5O4. The fourth-order valence-corrected chi connectivity index (χ4v) is 3.12. The molecule has 10 heteroatoms. The lowest BCUT2D eigenvalue weighted by atomic mass is 10.2. The molecule has 0 aliphatic carbocycles. The van der Waals surface area contributed by atoms with E-state index in [1.165, 1.54) is 16.6 Å². The van der Waals surface area contributed by atoms with Crippen molar-refractivity contribution in [2.75, 3.05) is 19.9 Å². The van der Waals surface area contributed by atoms with Gasteiger partial charge in [-0.1, -0.05) is 12.1 Å². The predicted molar refractivity (Wildman–Crippen MR) is 107 cm³/mol. The van der Waals surface area contributed by atoms with E-state index in [9.17, 15) is 9.18 Å². The van der Waals surface area contributed by atoms with Gasteiger partial charge < -0.3 is 19.5 Å². The summed E-state index contributed by atoms with van der Waals surface area (Å²) in [6.07, 6.45) is 0. The molecule has 31 heavy (non-hydrogen) atoms. The van der Waals surface area contributed by atoms with E-state index >= 15 is 0 Å². The van der Waals surface area contributed by atoms with Crippen LogP contribution in [0.25, 0.3) is 17.0 Å². The number of nitrogens with zero attached hydrogens (tertiary/aromatic N) is 4. The Morgan fingerprint density at radius 1 is 1.10 bits per heavy atom. The minimum Gasteiger partial charge on any atom is -0.475 e. The molecule has 0 radical (unpaired) electrons. The molecule has 4 aromatic rings. The lowest BCUT2D eigenvalue weighted by molar-refractivity contribution is 0.0946. The van der Waals surface area contributed by atoms with E-state index in [0.717, 1.165) is 0 Å². The number of aromatic nitrogens is 4. The molecule has 5 rings (SSSR count). The summed E-state index contributed by atoms with van der Waals surface area (Å²) in [6, 6.07) is 14.4. The summed E-state index contributed by atoms with van der Waals surface area (Å²) >= 11 is 0. The minimum absolute atomic E-state index is 0.152. The van der Waals surface area contributed by atoms with Gasteiger partial charge in [0.05, 0.1) is 6.54 Å². The quantitative estimate of drug-likeness (QED) is 0.478. The molecule has 2 aromatic carbocycles. The summed E-state index contributed by atoms with van der Waals surface area (Å²) in [7, 11) is 0. The molecule has 0 saturated carbocycles. The Morgan fingerprint density at radius 2 is 2.00 bits per heavy atom. The van der Waals surface area contributed by atoms with Gasteiger partial charge in [0.15, 0.2) is 23.0 Å². The summed E-state index contributed by atoms with van der Waals surface area (Å²) in [4.78, 5) is 12.3.